The van der Waals surface area contributed by atoms with Gasteiger partial charge in [0, 0.05) is 10.8 Å². The summed E-state index contributed by atoms with van der Waals surface area (Å²) in [7, 11) is 0. The highest BCUT2D eigenvalue weighted by atomic mass is 35.5. The minimum Gasteiger partial charge on any atom is -0.310 e. The molecule has 3 aromatic rings. The normalized spacial score (nSPS) is 16.4. The van der Waals surface area contributed by atoms with E-state index >= 15 is 0 Å². The number of benzene rings is 1. The summed E-state index contributed by atoms with van der Waals surface area (Å²) < 4.78 is 0. The summed E-state index contributed by atoms with van der Waals surface area (Å²) in [6, 6.07) is 7.22. The van der Waals surface area contributed by atoms with Crippen LogP contribution in [0.15, 0.2) is 34.1 Å². The van der Waals surface area contributed by atoms with Crippen LogP contribution in [0.1, 0.15) is 28.0 Å². The van der Waals surface area contributed by atoms with Crippen molar-refractivity contribution in [2.45, 2.75) is 26.8 Å². The minimum atomic E-state index is -0.227. The Morgan fingerprint density at radius 1 is 1.29 bits per heavy atom. The number of thiophene rings is 1. The second-order valence-corrected chi connectivity index (χ2v) is 9.00. The Labute approximate surface area is 174 Å². The smallest absolute Gasteiger partial charge is 0.274 e. The van der Waals surface area contributed by atoms with E-state index in [-0.39, 0.29) is 17.5 Å². The van der Waals surface area contributed by atoms with E-state index in [2.05, 4.69) is 15.0 Å². The number of aromatic amines is 1. The second-order valence-electron chi connectivity index (χ2n) is 6.58. The number of hydrogen-bond donors (Lipinski definition) is 1. The van der Waals surface area contributed by atoms with Crippen LogP contribution < -0.4 is 10.5 Å². The molecule has 0 unspecified atom stereocenters. The van der Waals surface area contributed by atoms with Gasteiger partial charge >= 0.3 is 0 Å². The summed E-state index contributed by atoms with van der Waals surface area (Å²) in [5, 5.41) is 1.70. The molecule has 0 aliphatic carbocycles. The van der Waals surface area contributed by atoms with E-state index in [1.54, 1.807) is 54.8 Å². The van der Waals surface area contributed by atoms with Gasteiger partial charge in [0.15, 0.2) is 5.17 Å². The van der Waals surface area contributed by atoms with Gasteiger partial charge in [0.05, 0.1) is 22.0 Å². The van der Waals surface area contributed by atoms with Gasteiger partial charge in [-0.1, -0.05) is 23.4 Å². The fourth-order valence-corrected chi connectivity index (χ4v) is 5.36. The number of nitrogens with one attached hydrogen (secondary N) is 1. The molecule has 0 radical (unpaired) electrons. The zero-order valence-corrected chi connectivity index (χ0v) is 17.8. The van der Waals surface area contributed by atoms with Gasteiger partial charge in [-0.15, -0.1) is 11.3 Å². The number of thioether (sulfide) groups is 1. The number of rotatable bonds is 2. The van der Waals surface area contributed by atoms with E-state index in [1.807, 2.05) is 6.92 Å². The highest BCUT2D eigenvalue weighted by molar-refractivity contribution is 8.14. The Balaban J connectivity index is 1.86. The van der Waals surface area contributed by atoms with Crippen LogP contribution in [-0.2, 0) is 0 Å². The third-order valence-corrected chi connectivity index (χ3v) is 7.00. The van der Waals surface area contributed by atoms with Crippen LogP contribution in [0, 0.1) is 13.8 Å². The molecule has 6 nitrogen and oxygen atoms in total. The molecule has 3 heterocycles. The van der Waals surface area contributed by atoms with E-state index < -0.39 is 0 Å². The molecule has 1 aliphatic rings. The molecule has 4 rings (SSSR count). The number of nitrogens with zero attached hydrogens (tertiary/aromatic N) is 3. The molecule has 1 N–H and O–H groups in total. The molecular weight excluding hydrogens is 416 g/mol. The van der Waals surface area contributed by atoms with Crippen molar-refractivity contribution in [1.29, 1.82) is 0 Å². The molecule has 0 fully saturated rings. The van der Waals surface area contributed by atoms with Gasteiger partial charge in [-0.25, -0.2) is 4.98 Å². The molecule has 1 atom stereocenters. The molecule has 0 spiro atoms. The summed E-state index contributed by atoms with van der Waals surface area (Å²) in [6.45, 7) is 5.52. The van der Waals surface area contributed by atoms with Crippen LogP contribution in [0.3, 0.4) is 0 Å². The van der Waals surface area contributed by atoms with Gasteiger partial charge in [0.1, 0.15) is 10.7 Å². The van der Waals surface area contributed by atoms with Crippen LogP contribution in [0.4, 0.5) is 5.69 Å². The Morgan fingerprint density at radius 2 is 2.00 bits per heavy atom. The van der Waals surface area contributed by atoms with Gasteiger partial charge in [-0.2, -0.15) is 0 Å². The average Bonchev–Trinajstić information content (AvgIpc) is 3.20. The topological polar surface area (TPSA) is 78.4 Å². The fourth-order valence-electron chi connectivity index (χ4n) is 3.04. The van der Waals surface area contributed by atoms with Crippen molar-refractivity contribution in [2.75, 3.05) is 10.7 Å². The monoisotopic (exact) mass is 432 g/mol. The lowest BCUT2D eigenvalue weighted by Gasteiger charge is -2.22. The van der Waals surface area contributed by atoms with Crippen molar-refractivity contribution in [2.24, 2.45) is 4.99 Å². The number of amidine groups is 1. The van der Waals surface area contributed by atoms with Crippen LogP contribution in [0.2, 0.25) is 5.02 Å². The van der Waals surface area contributed by atoms with Crippen LogP contribution in [-0.4, -0.2) is 32.8 Å². The Morgan fingerprint density at radius 3 is 2.64 bits per heavy atom. The van der Waals surface area contributed by atoms with Crippen LogP contribution >= 0.6 is 34.7 Å². The summed E-state index contributed by atoms with van der Waals surface area (Å²) in [5.74, 6) is 1.12. The number of carbonyl (C=O) groups excluding carboxylic acids is 1. The van der Waals surface area contributed by atoms with Crippen LogP contribution in [0.25, 0.3) is 10.2 Å². The van der Waals surface area contributed by atoms with Gasteiger partial charge < -0.3 is 4.98 Å². The number of aryl methyl sites for hydroxylation is 2. The van der Waals surface area contributed by atoms with E-state index in [0.29, 0.717) is 42.4 Å². The molecule has 9 heteroatoms. The first kappa shape index (κ1) is 19.2. The van der Waals surface area contributed by atoms with Gasteiger partial charge in [0.2, 0.25) is 0 Å². The molecular formula is C19H17ClN4O2S2. The molecule has 1 aromatic carbocycles. The number of halogens is 1. The molecule has 0 saturated carbocycles. The molecule has 0 bridgehead atoms. The summed E-state index contributed by atoms with van der Waals surface area (Å²) in [4.78, 5) is 40.3. The molecule has 1 amide bonds. The quantitative estimate of drug-likeness (QED) is 0.651. The van der Waals surface area contributed by atoms with E-state index in [9.17, 15) is 9.59 Å². The van der Waals surface area contributed by atoms with E-state index in [1.165, 1.54) is 11.3 Å². The number of amides is 1. The lowest BCUT2D eigenvalue weighted by atomic mass is 10.2. The number of carbonyl (C=O) groups is 1. The van der Waals surface area contributed by atoms with Crippen molar-refractivity contribution < 1.29 is 4.79 Å². The number of anilines is 1. The second kappa shape index (κ2) is 7.35. The highest BCUT2D eigenvalue weighted by Crippen LogP contribution is 2.33. The van der Waals surface area contributed by atoms with Crippen molar-refractivity contribution >= 4 is 61.7 Å². The Hall–Kier alpha value is -2.16. The van der Waals surface area contributed by atoms with Crippen molar-refractivity contribution in [3.05, 3.63) is 55.9 Å². The summed E-state index contributed by atoms with van der Waals surface area (Å²) >= 11 is 8.80. The maximum atomic E-state index is 13.6. The first-order valence-electron chi connectivity index (χ1n) is 8.66. The third-order valence-electron chi connectivity index (χ3n) is 4.38. The average molecular weight is 433 g/mol. The predicted octanol–water partition coefficient (Wildman–Crippen LogP) is 4.39. The molecule has 28 heavy (non-hydrogen) atoms. The van der Waals surface area contributed by atoms with Gasteiger partial charge in [-0.3, -0.25) is 19.5 Å². The highest BCUT2D eigenvalue weighted by Gasteiger charge is 2.30. The van der Waals surface area contributed by atoms with Gasteiger partial charge in [0.25, 0.3) is 11.5 Å². The SMILES string of the molecule is Cc1nc2sc(C(=O)N(C3=N[C@@H](C)CS3)c3ccc(Cl)cc3)c(C)c2c(=O)[nH]1. The largest absolute Gasteiger partial charge is 0.310 e. The first-order chi connectivity index (χ1) is 13.3. The van der Waals surface area contributed by atoms with E-state index in [4.69, 9.17) is 11.6 Å². The van der Waals surface area contributed by atoms with Gasteiger partial charge in [-0.05, 0) is 50.6 Å². The molecule has 0 saturated heterocycles. The Kier molecular flexibility index (Phi) is 5.03. The number of fused-ring (bicyclic) bond motifs is 1. The molecule has 1 aliphatic heterocycles. The number of hydrogen-bond acceptors (Lipinski definition) is 6. The maximum Gasteiger partial charge on any atom is 0.274 e. The fraction of sp³-hybridized carbons (Fsp3) is 0.263. The number of H-pyrrole nitrogens is 1. The predicted molar refractivity (Wildman–Crippen MR) is 117 cm³/mol. The maximum absolute atomic E-state index is 13.6. The van der Waals surface area contributed by atoms with Crippen LogP contribution in [0.5, 0.6) is 0 Å². The Bertz CT molecular complexity index is 1170. The van der Waals surface area contributed by atoms with Crippen molar-refractivity contribution in [3.63, 3.8) is 0 Å². The zero-order valence-electron chi connectivity index (χ0n) is 15.4. The van der Waals surface area contributed by atoms with E-state index in [0.717, 1.165) is 5.75 Å². The lowest BCUT2D eigenvalue weighted by molar-refractivity contribution is 0.101. The van der Waals surface area contributed by atoms with Crippen molar-refractivity contribution in [1.82, 2.24) is 9.97 Å². The minimum absolute atomic E-state index is 0.137. The lowest BCUT2D eigenvalue weighted by Crippen LogP contribution is -2.34. The summed E-state index contributed by atoms with van der Waals surface area (Å²) in [6.07, 6.45) is 0. The number of aromatic nitrogens is 2. The summed E-state index contributed by atoms with van der Waals surface area (Å²) in [5.41, 5.74) is 1.09. The standard InChI is InChI=1S/C19H17ClN4O2S2/c1-9-8-27-19(21-9)24(13-6-4-12(20)5-7-13)18(26)15-10(2)14-16(25)22-11(3)23-17(14)28-15/h4-7,9H,8H2,1-3H3,(H,22,23,25)/t9-/m0/s1. The third kappa shape index (κ3) is 3.36. The first-order valence-corrected chi connectivity index (χ1v) is 10.8. The number of aliphatic imine (C=N–C) groups is 1. The van der Waals surface area contributed by atoms with Crippen molar-refractivity contribution in [3.8, 4) is 0 Å². The molecule has 2 aromatic heterocycles. The zero-order chi connectivity index (χ0) is 20.0. The molecule has 144 valence electrons.